The molecule has 1 fully saturated rings. The van der Waals surface area contributed by atoms with Crippen molar-refractivity contribution in [2.45, 2.75) is 232 Å². The van der Waals surface area contributed by atoms with Gasteiger partial charge in [0.25, 0.3) is 0 Å². The van der Waals surface area contributed by atoms with Crippen molar-refractivity contribution in [3.05, 3.63) is 36.8 Å². The molecule has 0 bridgehead atoms. The Labute approximate surface area is 314 Å². The number of nitrogens with two attached hydrogens (primary N) is 1. The molecule has 1 aliphatic carbocycles. The molecule has 0 saturated heterocycles. The fraction of sp³-hybridized carbons (Fsp3) is 0.872. The topological polar surface area (TPSA) is 44.5 Å². The smallest absolute Gasteiger partial charge is 0.102 e. The van der Waals surface area contributed by atoms with Gasteiger partial charge in [0, 0.05) is 18.8 Å². The third-order valence-corrected chi connectivity index (χ3v) is 11.4. The van der Waals surface area contributed by atoms with Crippen LogP contribution < -0.4 is 5.73 Å². The van der Waals surface area contributed by atoms with E-state index >= 15 is 0 Å². The Bertz CT molecular complexity index is 790. The van der Waals surface area contributed by atoms with Crippen molar-refractivity contribution in [2.75, 3.05) is 13.2 Å². The molecular formula is C47H89NO2. The van der Waals surface area contributed by atoms with E-state index < -0.39 is 0 Å². The fourth-order valence-corrected chi connectivity index (χ4v) is 8.12. The lowest BCUT2D eigenvalue weighted by atomic mass is 9.88. The standard InChI is InChI=1S/C47H89NO2/c1-6-9-12-14-16-18-20-22-24-26-28-31-35-44(34-30-27-25-23-21-19-17-15-13-10-7-2)41-49-43(5)40-45-37-38-47(46(45)36-29-11-8-3)50-42(4)33-32-39-48/h11,29,44-47H,4-10,12-28,30-41,48H2,1-3H3/b29-11-. The van der Waals surface area contributed by atoms with E-state index in [9.17, 15) is 0 Å². The maximum atomic E-state index is 6.53. The minimum atomic E-state index is 0.249. The van der Waals surface area contributed by atoms with E-state index in [4.69, 9.17) is 15.2 Å². The van der Waals surface area contributed by atoms with Gasteiger partial charge >= 0.3 is 0 Å². The number of hydrogen-bond donors (Lipinski definition) is 1. The van der Waals surface area contributed by atoms with Gasteiger partial charge in [-0.2, -0.15) is 0 Å². The minimum Gasteiger partial charge on any atom is -0.498 e. The zero-order valence-electron chi connectivity index (χ0n) is 34.3. The van der Waals surface area contributed by atoms with Gasteiger partial charge in [-0.1, -0.05) is 194 Å². The first kappa shape index (κ1) is 46.8. The van der Waals surface area contributed by atoms with Crippen LogP contribution in [0.4, 0.5) is 0 Å². The van der Waals surface area contributed by atoms with Crippen molar-refractivity contribution in [2.24, 2.45) is 23.5 Å². The molecule has 0 amide bonds. The Morgan fingerprint density at radius 1 is 0.620 bits per heavy atom. The molecule has 1 aliphatic rings. The van der Waals surface area contributed by atoms with Crippen LogP contribution in [0.1, 0.15) is 226 Å². The maximum absolute atomic E-state index is 6.53. The van der Waals surface area contributed by atoms with Crippen molar-refractivity contribution < 1.29 is 9.47 Å². The largest absolute Gasteiger partial charge is 0.498 e. The second-order valence-corrected chi connectivity index (χ2v) is 16.1. The summed E-state index contributed by atoms with van der Waals surface area (Å²) < 4.78 is 13.0. The van der Waals surface area contributed by atoms with Crippen molar-refractivity contribution in [1.29, 1.82) is 0 Å². The third kappa shape index (κ3) is 26.5. The van der Waals surface area contributed by atoms with E-state index in [2.05, 4.69) is 46.1 Å². The summed E-state index contributed by atoms with van der Waals surface area (Å²) in [6, 6.07) is 0. The van der Waals surface area contributed by atoms with Crippen LogP contribution in [0.3, 0.4) is 0 Å². The molecule has 3 heteroatoms. The van der Waals surface area contributed by atoms with Crippen molar-refractivity contribution >= 4 is 0 Å². The number of ether oxygens (including phenoxy) is 2. The van der Waals surface area contributed by atoms with Gasteiger partial charge < -0.3 is 15.2 Å². The Kier molecular flexibility index (Phi) is 32.6. The first-order valence-electron chi connectivity index (χ1n) is 22.6. The molecule has 0 heterocycles. The van der Waals surface area contributed by atoms with E-state index in [-0.39, 0.29) is 6.10 Å². The molecule has 1 rings (SSSR count). The predicted octanol–water partition coefficient (Wildman–Crippen LogP) is 15.3. The highest BCUT2D eigenvalue weighted by atomic mass is 16.5. The summed E-state index contributed by atoms with van der Waals surface area (Å²) in [5, 5.41) is 0. The van der Waals surface area contributed by atoms with Crippen LogP contribution >= 0.6 is 0 Å². The number of unbranched alkanes of at least 4 members (excludes halogenated alkanes) is 21. The van der Waals surface area contributed by atoms with Gasteiger partial charge in [0.1, 0.15) is 6.10 Å². The van der Waals surface area contributed by atoms with Gasteiger partial charge in [-0.3, -0.25) is 0 Å². The fourth-order valence-electron chi connectivity index (χ4n) is 8.12. The zero-order chi connectivity index (χ0) is 36.3. The molecule has 0 spiro atoms. The molecule has 0 radical (unpaired) electrons. The Balaban J connectivity index is 2.49. The zero-order valence-corrected chi connectivity index (χ0v) is 34.3. The normalized spacial score (nSPS) is 18.2. The molecule has 3 nitrogen and oxygen atoms in total. The lowest BCUT2D eigenvalue weighted by Crippen LogP contribution is -2.23. The molecule has 0 aromatic carbocycles. The second-order valence-electron chi connectivity index (χ2n) is 16.1. The highest BCUT2D eigenvalue weighted by Gasteiger charge is 2.37. The third-order valence-electron chi connectivity index (χ3n) is 11.4. The van der Waals surface area contributed by atoms with E-state index in [1.54, 1.807) is 0 Å². The number of hydrogen-bond acceptors (Lipinski definition) is 3. The van der Waals surface area contributed by atoms with Crippen molar-refractivity contribution in [3.8, 4) is 0 Å². The van der Waals surface area contributed by atoms with Crippen LogP contribution in [0.2, 0.25) is 0 Å². The Morgan fingerprint density at radius 3 is 1.56 bits per heavy atom. The quantitative estimate of drug-likeness (QED) is 0.0396. The molecule has 2 N–H and O–H groups in total. The van der Waals surface area contributed by atoms with E-state index in [1.165, 1.54) is 167 Å². The lowest BCUT2D eigenvalue weighted by molar-refractivity contribution is 0.0649. The Morgan fingerprint density at radius 2 is 1.10 bits per heavy atom. The van der Waals surface area contributed by atoms with Crippen LogP contribution in [-0.4, -0.2) is 19.3 Å². The second kappa shape index (κ2) is 34.8. The molecule has 4 atom stereocenters. The summed E-state index contributed by atoms with van der Waals surface area (Å²) in [6.45, 7) is 17.0. The van der Waals surface area contributed by atoms with Gasteiger partial charge in [-0.05, 0) is 63.3 Å². The van der Waals surface area contributed by atoms with Gasteiger partial charge in [-0.25, -0.2) is 0 Å². The Hall–Kier alpha value is -1.22. The highest BCUT2D eigenvalue weighted by Crippen LogP contribution is 2.41. The molecule has 0 aromatic rings. The van der Waals surface area contributed by atoms with E-state index in [0.717, 1.165) is 56.7 Å². The van der Waals surface area contributed by atoms with Crippen LogP contribution in [0.5, 0.6) is 0 Å². The van der Waals surface area contributed by atoms with Crippen molar-refractivity contribution in [1.82, 2.24) is 0 Å². The molecular weight excluding hydrogens is 611 g/mol. The van der Waals surface area contributed by atoms with Gasteiger partial charge in [0.2, 0.25) is 0 Å². The number of allylic oxidation sites excluding steroid dienone is 4. The maximum Gasteiger partial charge on any atom is 0.102 e. The van der Waals surface area contributed by atoms with Crippen LogP contribution in [0.15, 0.2) is 36.8 Å². The number of rotatable bonds is 38. The summed E-state index contributed by atoms with van der Waals surface area (Å²) in [5.74, 6) is 3.64. The van der Waals surface area contributed by atoms with Crippen LogP contribution in [0, 0.1) is 17.8 Å². The van der Waals surface area contributed by atoms with Gasteiger partial charge in [0.15, 0.2) is 0 Å². The predicted molar refractivity (Wildman–Crippen MR) is 223 cm³/mol. The molecule has 0 aromatic heterocycles. The average molecular weight is 700 g/mol. The van der Waals surface area contributed by atoms with Gasteiger partial charge in [0.05, 0.1) is 18.1 Å². The molecule has 0 aliphatic heterocycles. The van der Waals surface area contributed by atoms with E-state index in [0.29, 0.717) is 24.3 Å². The monoisotopic (exact) mass is 700 g/mol. The molecule has 294 valence electrons. The molecule has 1 saturated carbocycles. The van der Waals surface area contributed by atoms with Gasteiger partial charge in [-0.15, -0.1) is 0 Å². The molecule has 4 unspecified atom stereocenters. The van der Waals surface area contributed by atoms with Crippen molar-refractivity contribution in [3.63, 3.8) is 0 Å². The highest BCUT2D eigenvalue weighted by molar-refractivity contribution is 4.99. The summed E-state index contributed by atoms with van der Waals surface area (Å²) in [4.78, 5) is 0. The summed E-state index contributed by atoms with van der Waals surface area (Å²) in [5.41, 5.74) is 5.74. The van der Waals surface area contributed by atoms with Crippen LogP contribution in [-0.2, 0) is 9.47 Å². The average Bonchev–Trinajstić information content (AvgIpc) is 3.48. The summed E-state index contributed by atoms with van der Waals surface area (Å²) in [6.07, 6.45) is 47.3. The minimum absolute atomic E-state index is 0.249. The first-order valence-corrected chi connectivity index (χ1v) is 22.6. The SMILES string of the molecule is C=C(CC1CCC(OC(=C)CCCN)C1C/C=C\CC)OCC(CCCCCCCCCCCCC)CCCCCCCCCCCCCC. The van der Waals surface area contributed by atoms with E-state index in [1.807, 2.05) is 0 Å². The summed E-state index contributed by atoms with van der Waals surface area (Å²) >= 11 is 0. The lowest BCUT2D eigenvalue weighted by Gasteiger charge is -2.26. The first-order chi connectivity index (χ1) is 24.5. The molecule has 50 heavy (non-hydrogen) atoms. The van der Waals surface area contributed by atoms with Crippen LogP contribution in [0.25, 0.3) is 0 Å². The summed E-state index contributed by atoms with van der Waals surface area (Å²) in [7, 11) is 0.